The zero-order valence-corrected chi connectivity index (χ0v) is 14.9. The predicted octanol–water partition coefficient (Wildman–Crippen LogP) is 4.20. The molecule has 2 aliphatic carbocycles. The van der Waals surface area contributed by atoms with Gasteiger partial charge in [-0.25, -0.2) is 19.5 Å². The minimum Gasteiger partial charge on any atom is -0.351 e. The summed E-state index contributed by atoms with van der Waals surface area (Å²) in [7, 11) is 0. The van der Waals surface area contributed by atoms with E-state index in [0.717, 1.165) is 17.0 Å². The largest absolute Gasteiger partial charge is 0.351 e. The molecule has 6 nitrogen and oxygen atoms in total. The Hall–Kier alpha value is -2.50. The molecule has 0 unspecified atom stereocenters. The Balaban J connectivity index is 1.44. The van der Waals surface area contributed by atoms with Gasteiger partial charge in [0.15, 0.2) is 5.65 Å². The Morgan fingerprint density at radius 3 is 2.58 bits per heavy atom. The van der Waals surface area contributed by atoms with Crippen molar-refractivity contribution in [1.82, 2.24) is 24.6 Å². The van der Waals surface area contributed by atoms with Crippen molar-refractivity contribution < 1.29 is 0 Å². The summed E-state index contributed by atoms with van der Waals surface area (Å²) in [6.07, 6.45) is 15.9. The highest BCUT2D eigenvalue weighted by Crippen LogP contribution is 2.38. The first-order valence-corrected chi connectivity index (χ1v) is 9.81. The molecular formula is C20H24N6. The van der Waals surface area contributed by atoms with Crippen LogP contribution in [0.25, 0.3) is 17.0 Å². The van der Waals surface area contributed by atoms with Crippen LogP contribution in [0.5, 0.6) is 0 Å². The summed E-state index contributed by atoms with van der Waals surface area (Å²) >= 11 is 0. The van der Waals surface area contributed by atoms with Gasteiger partial charge in [0, 0.05) is 24.0 Å². The Labute approximate surface area is 153 Å². The van der Waals surface area contributed by atoms with Crippen LogP contribution in [0.4, 0.5) is 5.95 Å². The fourth-order valence-corrected chi connectivity index (χ4v) is 4.04. The Kier molecular flexibility index (Phi) is 4.03. The lowest BCUT2D eigenvalue weighted by Gasteiger charge is -2.24. The van der Waals surface area contributed by atoms with Gasteiger partial charge in [0.25, 0.3) is 0 Å². The van der Waals surface area contributed by atoms with Crippen molar-refractivity contribution in [3.63, 3.8) is 0 Å². The monoisotopic (exact) mass is 348 g/mol. The molecule has 0 saturated heterocycles. The zero-order valence-electron chi connectivity index (χ0n) is 14.9. The summed E-state index contributed by atoms with van der Waals surface area (Å²) in [6, 6.07) is 4.41. The minimum absolute atomic E-state index is 0.495. The number of fused-ring (bicyclic) bond motifs is 1. The lowest BCUT2D eigenvalue weighted by molar-refractivity contribution is 0.421. The summed E-state index contributed by atoms with van der Waals surface area (Å²) in [6.45, 7) is 0. The molecule has 6 heteroatoms. The molecule has 0 radical (unpaired) electrons. The highest BCUT2D eigenvalue weighted by atomic mass is 15.2. The van der Waals surface area contributed by atoms with Crippen molar-refractivity contribution in [1.29, 1.82) is 0 Å². The van der Waals surface area contributed by atoms with E-state index in [1.165, 1.54) is 56.9 Å². The molecule has 0 bridgehead atoms. The zero-order chi connectivity index (χ0) is 17.3. The first kappa shape index (κ1) is 15.7. The number of rotatable bonds is 4. The summed E-state index contributed by atoms with van der Waals surface area (Å²) in [5.74, 6) is 1.33. The Bertz CT molecular complexity index is 908. The second-order valence-corrected chi connectivity index (χ2v) is 7.55. The summed E-state index contributed by atoms with van der Waals surface area (Å²) < 4.78 is 1.87. The molecular weight excluding hydrogens is 324 g/mol. The number of hydrogen-bond acceptors (Lipinski definition) is 5. The van der Waals surface area contributed by atoms with Gasteiger partial charge in [0.05, 0.1) is 17.6 Å². The first-order chi connectivity index (χ1) is 12.9. The van der Waals surface area contributed by atoms with Gasteiger partial charge in [0.2, 0.25) is 5.95 Å². The van der Waals surface area contributed by atoms with Crippen LogP contribution >= 0.6 is 0 Å². The number of nitrogens with one attached hydrogen (secondary N) is 1. The van der Waals surface area contributed by atoms with Crippen LogP contribution in [0.3, 0.4) is 0 Å². The number of anilines is 1. The molecule has 0 aromatic carbocycles. The van der Waals surface area contributed by atoms with Crippen LogP contribution < -0.4 is 5.32 Å². The third kappa shape index (κ3) is 2.93. The van der Waals surface area contributed by atoms with Crippen molar-refractivity contribution in [2.24, 2.45) is 0 Å². The molecule has 3 aromatic rings. The van der Waals surface area contributed by atoms with Gasteiger partial charge in [-0.2, -0.15) is 5.10 Å². The summed E-state index contributed by atoms with van der Waals surface area (Å²) in [5, 5.41) is 7.96. The molecule has 2 aliphatic rings. The van der Waals surface area contributed by atoms with Crippen LogP contribution in [-0.2, 0) is 0 Å². The first-order valence-electron chi connectivity index (χ1n) is 9.81. The Morgan fingerprint density at radius 2 is 1.77 bits per heavy atom. The molecule has 2 fully saturated rings. The van der Waals surface area contributed by atoms with Gasteiger partial charge in [0.1, 0.15) is 0 Å². The van der Waals surface area contributed by atoms with Crippen molar-refractivity contribution >= 4 is 11.6 Å². The highest BCUT2D eigenvalue weighted by Gasteiger charge is 2.24. The number of aromatic nitrogens is 5. The van der Waals surface area contributed by atoms with Crippen molar-refractivity contribution in [2.45, 2.75) is 63.3 Å². The third-order valence-electron chi connectivity index (χ3n) is 5.80. The maximum Gasteiger partial charge on any atom is 0.223 e. The predicted molar refractivity (Wildman–Crippen MR) is 101 cm³/mol. The maximum atomic E-state index is 4.88. The second-order valence-electron chi connectivity index (χ2n) is 7.55. The average Bonchev–Trinajstić information content (AvgIpc) is 3.04. The van der Waals surface area contributed by atoms with Crippen molar-refractivity contribution in [2.75, 3.05) is 5.32 Å². The van der Waals surface area contributed by atoms with E-state index in [1.807, 2.05) is 35.2 Å². The lowest BCUT2D eigenvalue weighted by Crippen LogP contribution is -2.23. The van der Waals surface area contributed by atoms with Crippen molar-refractivity contribution in [3.05, 3.63) is 36.3 Å². The van der Waals surface area contributed by atoms with Gasteiger partial charge in [-0.1, -0.05) is 25.7 Å². The molecule has 3 heterocycles. The van der Waals surface area contributed by atoms with Gasteiger partial charge >= 0.3 is 0 Å². The van der Waals surface area contributed by atoms with Crippen LogP contribution in [0.2, 0.25) is 0 Å². The average molecular weight is 348 g/mol. The quantitative estimate of drug-likeness (QED) is 0.765. The fourth-order valence-electron chi connectivity index (χ4n) is 4.04. The standard InChI is InChI=1S/C20H24N6/c1-2-7-15(8-3-1)23-20-21-11-9-17(25-20)18-10-12-26-19(24-18)16(13-22-26)14-5-4-6-14/h9-15H,1-8H2,(H,21,23,25). The normalized spacial score (nSPS) is 18.8. The second kappa shape index (κ2) is 6.67. The van der Waals surface area contributed by atoms with Crippen molar-refractivity contribution in [3.8, 4) is 11.4 Å². The smallest absolute Gasteiger partial charge is 0.223 e. The van der Waals surface area contributed by atoms with Crippen LogP contribution in [0.15, 0.2) is 30.7 Å². The van der Waals surface area contributed by atoms with E-state index >= 15 is 0 Å². The topological polar surface area (TPSA) is 68.0 Å². The Morgan fingerprint density at radius 1 is 0.923 bits per heavy atom. The molecule has 3 aromatic heterocycles. The van der Waals surface area contributed by atoms with Crippen LogP contribution in [-0.4, -0.2) is 30.6 Å². The SMILES string of the molecule is c1cc(-c2ccn3ncc(C4CCC4)c3n2)nc(NC2CCCCC2)n1. The van der Waals surface area contributed by atoms with Gasteiger partial charge in [-0.15, -0.1) is 0 Å². The molecule has 0 spiro atoms. The van der Waals surface area contributed by atoms with E-state index in [4.69, 9.17) is 9.97 Å². The molecule has 2 saturated carbocycles. The van der Waals surface area contributed by atoms with Gasteiger partial charge in [-0.3, -0.25) is 0 Å². The summed E-state index contributed by atoms with van der Waals surface area (Å²) in [5.41, 5.74) is 3.98. The molecule has 1 N–H and O–H groups in total. The van der Waals surface area contributed by atoms with Crippen LogP contribution in [0.1, 0.15) is 62.8 Å². The van der Waals surface area contributed by atoms with Gasteiger partial charge in [-0.05, 0) is 43.7 Å². The molecule has 0 atom stereocenters. The lowest BCUT2D eigenvalue weighted by atomic mass is 9.81. The minimum atomic E-state index is 0.495. The van der Waals surface area contributed by atoms with E-state index < -0.39 is 0 Å². The van der Waals surface area contributed by atoms with Crippen LogP contribution in [0, 0.1) is 0 Å². The fraction of sp³-hybridized carbons (Fsp3) is 0.500. The molecule has 26 heavy (non-hydrogen) atoms. The molecule has 5 rings (SSSR count). The molecule has 134 valence electrons. The summed E-state index contributed by atoms with van der Waals surface area (Å²) in [4.78, 5) is 14.0. The molecule has 0 amide bonds. The van der Waals surface area contributed by atoms with E-state index in [1.54, 1.807) is 0 Å². The van der Waals surface area contributed by atoms with E-state index in [-0.39, 0.29) is 0 Å². The molecule has 0 aliphatic heterocycles. The van der Waals surface area contributed by atoms with E-state index in [2.05, 4.69) is 15.4 Å². The highest BCUT2D eigenvalue weighted by molar-refractivity contribution is 5.60. The maximum absolute atomic E-state index is 4.88. The van der Waals surface area contributed by atoms with E-state index in [9.17, 15) is 0 Å². The third-order valence-corrected chi connectivity index (χ3v) is 5.80. The van der Waals surface area contributed by atoms with Gasteiger partial charge < -0.3 is 5.32 Å². The van der Waals surface area contributed by atoms with E-state index in [0.29, 0.717) is 17.9 Å². The number of nitrogens with zero attached hydrogens (tertiary/aromatic N) is 5. The number of hydrogen-bond donors (Lipinski definition) is 1.